The van der Waals surface area contributed by atoms with Gasteiger partial charge >= 0.3 is 0 Å². The predicted octanol–water partition coefficient (Wildman–Crippen LogP) is 4.97. The zero-order valence-corrected chi connectivity index (χ0v) is 14.8. The van der Waals surface area contributed by atoms with Gasteiger partial charge in [-0.25, -0.2) is 0 Å². The molecule has 1 atom stereocenters. The van der Waals surface area contributed by atoms with Crippen LogP contribution in [0.1, 0.15) is 30.9 Å². The van der Waals surface area contributed by atoms with Crippen molar-refractivity contribution in [2.24, 2.45) is 0 Å². The number of ether oxygens (including phenoxy) is 1. The molecule has 0 saturated carbocycles. The van der Waals surface area contributed by atoms with Gasteiger partial charge in [-0.2, -0.15) is 0 Å². The molecule has 0 spiro atoms. The molecule has 3 heteroatoms. The maximum atomic E-state index is 13.2. The monoisotopic (exact) mass is 345 g/mol. The van der Waals surface area contributed by atoms with Gasteiger partial charge in [-0.3, -0.25) is 4.79 Å². The van der Waals surface area contributed by atoms with E-state index in [1.54, 1.807) is 0 Å². The molecule has 0 unspecified atom stereocenters. The Labute approximate surface area is 154 Å². The van der Waals surface area contributed by atoms with Crippen molar-refractivity contribution in [3.05, 3.63) is 78.4 Å². The average Bonchev–Trinajstić information content (AvgIpc) is 2.73. The van der Waals surface area contributed by atoms with E-state index in [1.807, 2.05) is 65.6 Å². The van der Waals surface area contributed by atoms with E-state index in [-0.39, 0.29) is 5.91 Å². The van der Waals surface area contributed by atoms with Gasteiger partial charge in [0.1, 0.15) is 5.75 Å². The number of carbonyl (C=O) groups is 1. The normalized spacial score (nSPS) is 15.6. The molecular weight excluding hydrogens is 322 g/mol. The van der Waals surface area contributed by atoms with Crippen LogP contribution in [0.25, 0.3) is 10.8 Å². The van der Waals surface area contributed by atoms with Crippen LogP contribution in [0.4, 0.5) is 0 Å². The van der Waals surface area contributed by atoms with Gasteiger partial charge < -0.3 is 9.64 Å². The smallest absolute Gasteiger partial charge is 0.268 e. The lowest BCUT2D eigenvalue weighted by atomic mass is 10.0. The molecule has 0 radical (unpaired) electrons. The molecule has 0 bridgehead atoms. The first-order chi connectivity index (χ1) is 12.8. The number of benzene rings is 3. The van der Waals surface area contributed by atoms with E-state index in [1.165, 1.54) is 6.42 Å². The van der Waals surface area contributed by atoms with Gasteiger partial charge in [0, 0.05) is 24.0 Å². The van der Waals surface area contributed by atoms with Gasteiger partial charge in [0.25, 0.3) is 5.91 Å². The summed E-state index contributed by atoms with van der Waals surface area (Å²) in [6, 6.07) is 23.9. The van der Waals surface area contributed by atoms with E-state index in [4.69, 9.17) is 4.74 Å². The van der Waals surface area contributed by atoms with Gasteiger partial charge in [0.2, 0.25) is 6.10 Å². The fourth-order valence-corrected chi connectivity index (χ4v) is 3.59. The van der Waals surface area contributed by atoms with Crippen molar-refractivity contribution in [1.29, 1.82) is 0 Å². The number of hydrogen-bond acceptors (Lipinski definition) is 2. The summed E-state index contributed by atoms with van der Waals surface area (Å²) >= 11 is 0. The molecule has 26 heavy (non-hydrogen) atoms. The van der Waals surface area contributed by atoms with Crippen molar-refractivity contribution in [1.82, 2.24) is 4.90 Å². The summed E-state index contributed by atoms with van der Waals surface area (Å²) in [4.78, 5) is 15.2. The molecule has 1 heterocycles. The average molecular weight is 345 g/mol. The molecule has 0 aliphatic carbocycles. The summed E-state index contributed by atoms with van der Waals surface area (Å²) in [6.45, 7) is 1.64. The highest BCUT2D eigenvalue weighted by molar-refractivity contribution is 5.89. The number of nitrogens with zero attached hydrogens (tertiary/aromatic N) is 1. The van der Waals surface area contributed by atoms with E-state index in [2.05, 4.69) is 12.1 Å². The molecule has 1 saturated heterocycles. The number of likely N-dealkylation sites (tertiary alicyclic amines) is 1. The second-order valence-corrected chi connectivity index (χ2v) is 6.77. The second-order valence-electron chi connectivity index (χ2n) is 6.77. The van der Waals surface area contributed by atoms with E-state index in [9.17, 15) is 4.79 Å². The van der Waals surface area contributed by atoms with Crippen LogP contribution in [-0.2, 0) is 4.79 Å². The Morgan fingerprint density at radius 1 is 0.808 bits per heavy atom. The SMILES string of the molecule is O=C([C@H](Oc1cccc2ccccc12)c1ccccc1)N1CCCCC1. The molecular formula is C23H23NO2. The van der Waals surface area contributed by atoms with Crippen molar-refractivity contribution >= 4 is 16.7 Å². The van der Waals surface area contributed by atoms with E-state index < -0.39 is 6.10 Å². The van der Waals surface area contributed by atoms with Gasteiger partial charge in [-0.15, -0.1) is 0 Å². The molecule has 3 aromatic carbocycles. The Kier molecular flexibility index (Phi) is 4.87. The minimum Gasteiger partial charge on any atom is -0.475 e. The van der Waals surface area contributed by atoms with Crippen LogP contribution in [0.2, 0.25) is 0 Å². The van der Waals surface area contributed by atoms with Crippen molar-refractivity contribution in [3.63, 3.8) is 0 Å². The topological polar surface area (TPSA) is 29.5 Å². The molecule has 132 valence electrons. The van der Waals surface area contributed by atoms with E-state index in [0.29, 0.717) is 0 Å². The summed E-state index contributed by atoms with van der Waals surface area (Å²) in [5, 5.41) is 2.14. The summed E-state index contributed by atoms with van der Waals surface area (Å²) in [5.74, 6) is 0.811. The standard InChI is InChI=1S/C23H23NO2/c25-23(24-16-7-2-8-17-24)22(19-11-3-1-4-12-19)26-21-15-9-13-18-10-5-6-14-20(18)21/h1,3-6,9-15,22H,2,7-8,16-17H2/t22-/m1/s1. The lowest BCUT2D eigenvalue weighted by Crippen LogP contribution is -2.40. The second kappa shape index (κ2) is 7.61. The first-order valence-electron chi connectivity index (χ1n) is 9.31. The van der Waals surface area contributed by atoms with Crippen LogP contribution < -0.4 is 4.74 Å². The number of hydrogen-bond donors (Lipinski definition) is 0. The summed E-state index contributed by atoms with van der Waals surface area (Å²) in [7, 11) is 0. The minimum atomic E-state index is -0.611. The van der Waals surface area contributed by atoms with Crippen LogP contribution in [0.15, 0.2) is 72.8 Å². The van der Waals surface area contributed by atoms with Crippen LogP contribution in [0.3, 0.4) is 0 Å². The largest absolute Gasteiger partial charge is 0.475 e. The maximum absolute atomic E-state index is 13.2. The Morgan fingerprint density at radius 2 is 1.50 bits per heavy atom. The van der Waals surface area contributed by atoms with Gasteiger partial charge in [0.05, 0.1) is 0 Å². The van der Waals surface area contributed by atoms with Crippen molar-refractivity contribution < 1.29 is 9.53 Å². The third-order valence-electron chi connectivity index (χ3n) is 4.99. The van der Waals surface area contributed by atoms with Gasteiger partial charge in [0.15, 0.2) is 0 Å². The Morgan fingerprint density at radius 3 is 2.31 bits per heavy atom. The van der Waals surface area contributed by atoms with Crippen LogP contribution in [-0.4, -0.2) is 23.9 Å². The van der Waals surface area contributed by atoms with Gasteiger partial charge in [-0.05, 0) is 30.7 Å². The zero-order chi connectivity index (χ0) is 17.8. The lowest BCUT2D eigenvalue weighted by molar-refractivity contribution is -0.140. The predicted molar refractivity (Wildman–Crippen MR) is 104 cm³/mol. The Balaban J connectivity index is 1.69. The quantitative estimate of drug-likeness (QED) is 0.668. The lowest BCUT2D eigenvalue weighted by Gasteiger charge is -2.31. The van der Waals surface area contributed by atoms with Crippen LogP contribution >= 0.6 is 0 Å². The molecule has 0 aromatic heterocycles. The third-order valence-corrected chi connectivity index (χ3v) is 4.99. The number of piperidine rings is 1. The summed E-state index contributed by atoms with van der Waals surface area (Å²) < 4.78 is 6.34. The van der Waals surface area contributed by atoms with Crippen molar-refractivity contribution in [2.75, 3.05) is 13.1 Å². The first kappa shape index (κ1) is 16.6. The number of fused-ring (bicyclic) bond motifs is 1. The first-order valence-corrected chi connectivity index (χ1v) is 9.31. The third kappa shape index (κ3) is 3.43. The van der Waals surface area contributed by atoms with Crippen molar-refractivity contribution in [3.8, 4) is 5.75 Å². The number of amides is 1. The molecule has 4 rings (SSSR count). The summed E-state index contributed by atoms with van der Waals surface area (Å²) in [5.41, 5.74) is 0.899. The molecule has 3 nitrogen and oxygen atoms in total. The molecule has 3 aromatic rings. The van der Waals surface area contributed by atoms with Crippen LogP contribution in [0, 0.1) is 0 Å². The van der Waals surface area contributed by atoms with Gasteiger partial charge in [-0.1, -0.05) is 66.7 Å². The Hall–Kier alpha value is -2.81. The number of carbonyl (C=O) groups excluding carboxylic acids is 1. The molecule has 0 N–H and O–H groups in total. The van der Waals surface area contributed by atoms with Crippen molar-refractivity contribution in [2.45, 2.75) is 25.4 Å². The highest BCUT2D eigenvalue weighted by Gasteiger charge is 2.29. The summed E-state index contributed by atoms with van der Waals surface area (Å²) in [6.07, 6.45) is 2.73. The minimum absolute atomic E-state index is 0.0591. The zero-order valence-electron chi connectivity index (χ0n) is 14.8. The fraction of sp³-hybridized carbons (Fsp3) is 0.261. The number of rotatable bonds is 4. The maximum Gasteiger partial charge on any atom is 0.268 e. The van der Waals surface area contributed by atoms with Crippen LogP contribution in [0.5, 0.6) is 5.75 Å². The Bertz CT molecular complexity index is 880. The molecule has 1 aliphatic rings. The van der Waals surface area contributed by atoms with E-state index in [0.717, 1.165) is 48.0 Å². The molecule has 1 aliphatic heterocycles. The van der Waals surface area contributed by atoms with E-state index >= 15 is 0 Å². The molecule has 1 fully saturated rings. The fourth-order valence-electron chi connectivity index (χ4n) is 3.59. The molecule has 1 amide bonds. The highest BCUT2D eigenvalue weighted by Crippen LogP contribution is 2.31. The highest BCUT2D eigenvalue weighted by atomic mass is 16.5.